The molecule has 21 heavy (non-hydrogen) atoms. The van der Waals surface area contributed by atoms with Crippen molar-refractivity contribution < 1.29 is 4.74 Å². The first-order chi connectivity index (χ1) is 10.3. The third-order valence-corrected chi connectivity index (χ3v) is 4.92. The van der Waals surface area contributed by atoms with Gasteiger partial charge in [-0.3, -0.25) is 0 Å². The molecular formula is C18H21NOS. The van der Waals surface area contributed by atoms with Crippen LogP contribution in [0, 0.1) is 0 Å². The van der Waals surface area contributed by atoms with Gasteiger partial charge in [-0.2, -0.15) is 0 Å². The lowest BCUT2D eigenvalue weighted by Crippen LogP contribution is -2.14. The molecule has 1 aliphatic heterocycles. The van der Waals surface area contributed by atoms with Gasteiger partial charge in [0.15, 0.2) is 0 Å². The highest BCUT2D eigenvalue weighted by molar-refractivity contribution is 8.00. The van der Waals surface area contributed by atoms with Crippen LogP contribution in [0.25, 0.3) is 0 Å². The molecule has 0 amide bonds. The van der Waals surface area contributed by atoms with Crippen molar-refractivity contribution in [3.63, 3.8) is 0 Å². The number of nitrogens with one attached hydrogen (secondary N) is 1. The average molecular weight is 299 g/mol. The maximum absolute atomic E-state index is 5.99. The first-order valence-corrected chi connectivity index (χ1v) is 8.40. The Labute approximate surface area is 130 Å². The first kappa shape index (κ1) is 14.5. The predicted octanol–water partition coefficient (Wildman–Crippen LogP) is 3.89. The van der Waals surface area contributed by atoms with Crippen LogP contribution >= 0.6 is 11.8 Å². The second-order valence-electron chi connectivity index (χ2n) is 5.29. The summed E-state index contributed by atoms with van der Waals surface area (Å²) < 4.78 is 5.99. The predicted molar refractivity (Wildman–Crippen MR) is 89.1 cm³/mol. The summed E-state index contributed by atoms with van der Waals surface area (Å²) in [5, 5.41) is 3.87. The molecule has 3 heteroatoms. The normalized spacial score (nSPS) is 16.7. The van der Waals surface area contributed by atoms with Gasteiger partial charge in [0.25, 0.3) is 0 Å². The zero-order chi connectivity index (χ0) is 14.5. The minimum absolute atomic E-state index is 0.528. The van der Waals surface area contributed by atoms with E-state index in [4.69, 9.17) is 4.74 Å². The number of hydrogen-bond donors (Lipinski definition) is 1. The third-order valence-electron chi connectivity index (χ3n) is 3.63. The van der Waals surface area contributed by atoms with E-state index in [9.17, 15) is 0 Å². The maximum Gasteiger partial charge on any atom is 0.119 e. The Balaban J connectivity index is 1.54. The molecule has 110 valence electrons. The van der Waals surface area contributed by atoms with E-state index in [2.05, 4.69) is 54.7 Å². The van der Waals surface area contributed by atoms with Crippen LogP contribution in [-0.2, 0) is 13.0 Å². The van der Waals surface area contributed by atoms with E-state index < -0.39 is 0 Å². The molecule has 0 spiro atoms. The van der Waals surface area contributed by atoms with Crippen molar-refractivity contribution in [2.24, 2.45) is 0 Å². The quantitative estimate of drug-likeness (QED) is 0.874. The van der Waals surface area contributed by atoms with E-state index in [1.54, 1.807) is 0 Å². The Kier molecular flexibility index (Phi) is 4.84. The molecule has 0 bridgehead atoms. The van der Waals surface area contributed by atoms with Crippen molar-refractivity contribution in [2.45, 2.75) is 30.0 Å². The lowest BCUT2D eigenvalue weighted by atomic mass is 10.1. The van der Waals surface area contributed by atoms with E-state index in [1.165, 1.54) is 16.0 Å². The molecule has 0 fully saturated rings. The molecule has 0 saturated heterocycles. The van der Waals surface area contributed by atoms with Gasteiger partial charge in [0.2, 0.25) is 0 Å². The largest absolute Gasteiger partial charge is 0.492 e. The lowest BCUT2D eigenvalue weighted by molar-refractivity contribution is 0.317. The van der Waals surface area contributed by atoms with Gasteiger partial charge in [-0.05, 0) is 42.3 Å². The van der Waals surface area contributed by atoms with Crippen molar-refractivity contribution in [3.8, 4) is 5.75 Å². The molecule has 2 aromatic rings. The Morgan fingerprint density at radius 3 is 2.95 bits per heavy atom. The van der Waals surface area contributed by atoms with Crippen molar-refractivity contribution in [3.05, 3.63) is 59.7 Å². The van der Waals surface area contributed by atoms with E-state index in [1.807, 2.05) is 17.8 Å². The van der Waals surface area contributed by atoms with Crippen LogP contribution in [0.15, 0.2) is 53.4 Å². The van der Waals surface area contributed by atoms with Gasteiger partial charge in [0.05, 0.1) is 0 Å². The topological polar surface area (TPSA) is 21.3 Å². The van der Waals surface area contributed by atoms with Crippen LogP contribution in [0.5, 0.6) is 5.75 Å². The van der Waals surface area contributed by atoms with Gasteiger partial charge >= 0.3 is 0 Å². The number of benzene rings is 2. The minimum atomic E-state index is 0.528. The Morgan fingerprint density at radius 1 is 1.19 bits per heavy atom. The van der Waals surface area contributed by atoms with Crippen molar-refractivity contribution in [2.75, 3.05) is 13.2 Å². The molecule has 1 unspecified atom stereocenters. The van der Waals surface area contributed by atoms with E-state index >= 15 is 0 Å². The molecule has 1 aliphatic rings. The summed E-state index contributed by atoms with van der Waals surface area (Å²) in [7, 11) is 0. The van der Waals surface area contributed by atoms with Gasteiger partial charge in [0, 0.05) is 16.7 Å². The monoisotopic (exact) mass is 299 g/mol. The summed E-state index contributed by atoms with van der Waals surface area (Å²) in [6.07, 6.45) is 1.11. The third kappa shape index (κ3) is 3.80. The summed E-state index contributed by atoms with van der Waals surface area (Å²) in [4.78, 5) is 1.41. The fraction of sp³-hybridized carbons (Fsp3) is 0.333. The maximum atomic E-state index is 5.99. The number of fused-ring (bicyclic) bond motifs is 1. The number of thioether (sulfide) groups is 1. The van der Waals surface area contributed by atoms with Crippen molar-refractivity contribution >= 4 is 11.8 Å². The fourth-order valence-electron chi connectivity index (χ4n) is 2.55. The summed E-state index contributed by atoms with van der Waals surface area (Å²) in [6, 6.07) is 17.0. The molecule has 2 aromatic carbocycles. The molecule has 0 aromatic heterocycles. The number of rotatable bonds is 6. The average Bonchev–Trinajstić information content (AvgIpc) is 2.94. The zero-order valence-corrected chi connectivity index (χ0v) is 13.2. The molecule has 0 saturated carbocycles. The van der Waals surface area contributed by atoms with Gasteiger partial charge in [0.1, 0.15) is 12.4 Å². The van der Waals surface area contributed by atoms with Gasteiger partial charge < -0.3 is 10.1 Å². The molecular weight excluding hydrogens is 278 g/mol. The van der Waals surface area contributed by atoms with Gasteiger partial charge in [-0.1, -0.05) is 37.3 Å². The Morgan fingerprint density at radius 2 is 2.10 bits per heavy atom. The smallest absolute Gasteiger partial charge is 0.119 e. The summed E-state index contributed by atoms with van der Waals surface area (Å²) in [5.41, 5.74) is 2.73. The second kappa shape index (κ2) is 7.01. The Hall–Kier alpha value is -1.45. The number of ether oxygens (including phenoxy) is 1. The SMILES string of the molecule is CCNCc1cccc(OCC2Cc3ccccc3S2)c1. The first-order valence-electron chi connectivity index (χ1n) is 7.52. The zero-order valence-electron chi connectivity index (χ0n) is 12.3. The van der Waals surface area contributed by atoms with E-state index in [0.29, 0.717) is 5.25 Å². The van der Waals surface area contributed by atoms with E-state index in [-0.39, 0.29) is 0 Å². The number of hydrogen-bond acceptors (Lipinski definition) is 3. The molecule has 1 heterocycles. The molecule has 0 radical (unpaired) electrons. The van der Waals surface area contributed by atoms with Crippen LogP contribution in [0.3, 0.4) is 0 Å². The van der Waals surface area contributed by atoms with Crippen LogP contribution in [0.1, 0.15) is 18.1 Å². The molecule has 3 rings (SSSR count). The highest BCUT2D eigenvalue weighted by atomic mass is 32.2. The fourth-order valence-corrected chi connectivity index (χ4v) is 3.77. The highest BCUT2D eigenvalue weighted by Gasteiger charge is 2.22. The van der Waals surface area contributed by atoms with Crippen molar-refractivity contribution in [1.82, 2.24) is 5.32 Å². The molecule has 0 aliphatic carbocycles. The molecule has 1 atom stereocenters. The van der Waals surface area contributed by atoms with Gasteiger partial charge in [-0.15, -0.1) is 11.8 Å². The minimum Gasteiger partial charge on any atom is -0.492 e. The van der Waals surface area contributed by atoms with Crippen LogP contribution in [0.2, 0.25) is 0 Å². The Bertz CT molecular complexity index is 574. The van der Waals surface area contributed by atoms with Crippen LogP contribution < -0.4 is 10.1 Å². The summed E-state index contributed by atoms with van der Waals surface area (Å²) in [6.45, 7) is 4.78. The van der Waals surface area contributed by atoms with E-state index in [0.717, 1.165) is 31.9 Å². The summed E-state index contributed by atoms with van der Waals surface area (Å²) in [5.74, 6) is 0.974. The molecule has 1 N–H and O–H groups in total. The van der Waals surface area contributed by atoms with Gasteiger partial charge in [-0.25, -0.2) is 0 Å². The van der Waals surface area contributed by atoms with Crippen LogP contribution in [-0.4, -0.2) is 18.4 Å². The standard InChI is InChI=1S/C18H21NOS/c1-2-19-12-14-6-5-8-16(10-14)20-13-17-11-15-7-3-4-9-18(15)21-17/h3-10,17,19H,2,11-13H2,1H3. The second-order valence-corrected chi connectivity index (χ2v) is 6.63. The molecule has 2 nitrogen and oxygen atoms in total. The van der Waals surface area contributed by atoms with Crippen LogP contribution in [0.4, 0.5) is 0 Å². The van der Waals surface area contributed by atoms with Crippen molar-refractivity contribution in [1.29, 1.82) is 0 Å². The lowest BCUT2D eigenvalue weighted by Gasteiger charge is -2.12. The summed E-state index contributed by atoms with van der Waals surface area (Å²) >= 11 is 1.94. The highest BCUT2D eigenvalue weighted by Crippen LogP contribution is 2.36.